The minimum Gasteiger partial charge on any atom is -0.392 e. The smallest absolute Gasteiger partial charge is 0.392 e. The molecule has 1 saturated heterocycles. The summed E-state index contributed by atoms with van der Waals surface area (Å²) in [5.41, 5.74) is -0.350. The average molecular weight is 438 g/mol. The number of anilines is 2. The Labute approximate surface area is 176 Å². The lowest BCUT2D eigenvalue weighted by Gasteiger charge is -2.35. The number of hydrogen-bond donors (Lipinski definition) is 2. The number of nitro groups is 1. The van der Waals surface area contributed by atoms with Crippen molar-refractivity contribution in [3.8, 4) is 0 Å². The van der Waals surface area contributed by atoms with Crippen molar-refractivity contribution in [1.82, 2.24) is 4.90 Å². The minimum atomic E-state index is -4.58. The number of nitrogens with one attached hydrogen (secondary N) is 1. The summed E-state index contributed by atoms with van der Waals surface area (Å²) in [7, 11) is 0. The number of carbonyl (C=O) groups is 1. The lowest BCUT2D eigenvalue weighted by Crippen LogP contribution is -2.48. The standard InChI is InChI=1S/C20H21F3N4O4/c21-20(22,23)15-3-1-2-4-16(15)24-19(29)12-25-7-9-26(10-8-25)18-11-14(13-28)5-6-17(18)27(30)31/h1-6,11,28H,7-10,12-13H2,(H,24,29). The summed E-state index contributed by atoms with van der Waals surface area (Å²) in [6.45, 7) is 1.23. The number of benzene rings is 2. The van der Waals surface area contributed by atoms with Crippen molar-refractivity contribution in [3.05, 3.63) is 63.7 Å². The molecule has 1 fully saturated rings. The molecule has 11 heteroatoms. The molecule has 0 atom stereocenters. The van der Waals surface area contributed by atoms with Crippen molar-refractivity contribution in [1.29, 1.82) is 0 Å². The zero-order valence-corrected chi connectivity index (χ0v) is 16.4. The van der Waals surface area contributed by atoms with Crippen molar-refractivity contribution in [2.75, 3.05) is 42.9 Å². The van der Waals surface area contributed by atoms with Gasteiger partial charge in [-0.15, -0.1) is 0 Å². The van der Waals surface area contributed by atoms with Gasteiger partial charge in [-0.3, -0.25) is 19.8 Å². The molecule has 0 radical (unpaired) electrons. The SMILES string of the molecule is O=C(CN1CCN(c2cc(CO)ccc2[N+](=O)[O-])CC1)Nc1ccccc1C(F)(F)F. The molecule has 166 valence electrons. The van der Waals surface area contributed by atoms with E-state index in [4.69, 9.17) is 0 Å². The second kappa shape index (κ2) is 9.31. The summed E-state index contributed by atoms with van der Waals surface area (Å²) in [6.07, 6.45) is -4.58. The third-order valence-electron chi connectivity index (χ3n) is 5.01. The van der Waals surface area contributed by atoms with Crippen LogP contribution in [0, 0.1) is 10.1 Å². The number of rotatable bonds is 6. The molecule has 0 bridgehead atoms. The zero-order valence-electron chi connectivity index (χ0n) is 16.4. The molecule has 0 aliphatic carbocycles. The molecule has 8 nitrogen and oxygen atoms in total. The Bertz CT molecular complexity index is 960. The van der Waals surface area contributed by atoms with Gasteiger partial charge in [-0.25, -0.2) is 0 Å². The van der Waals surface area contributed by atoms with Gasteiger partial charge in [-0.2, -0.15) is 13.2 Å². The highest BCUT2D eigenvalue weighted by Gasteiger charge is 2.33. The van der Waals surface area contributed by atoms with Gasteiger partial charge in [0, 0.05) is 32.2 Å². The number of aliphatic hydroxyl groups is 1. The van der Waals surface area contributed by atoms with Crippen LogP contribution in [0.4, 0.5) is 30.2 Å². The number of hydrogen-bond acceptors (Lipinski definition) is 6. The van der Waals surface area contributed by atoms with E-state index in [2.05, 4.69) is 5.32 Å². The molecule has 2 aromatic rings. The molecule has 0 spiro atoms. The maximum Gasteiger partial charge on any atom is 0.418 e. The second-order valence-electron chi connectivity index (χ2n) is 7.09. The second-order valence-corrected chi connectivity index (χ2v) is 7.09. The quantitative estimate of drug-likeness (QED) is 0.532. The third kappa shape index (κ3) is 5.50. The summed E-state index contributed by atoms with van der Waals surface area (Å²) in [5.74, 6) is -0.571. The Kier molecular flexibility index (Phi) is 6.76. The molecule has 31 heavy (non-hydrogen) atoms. The number of carbonyl (C=O) groups excluding carboxylic acids is 1. The van der Waals surface area contributed by atoms with Crippen molar-refractivity contribution >= 4 is 23.0 Å². The number of piperazine rings is 1. The molecule has 2 aromatic carbocycles. The van der Waals surface area contributed by atoms with Crippen LogP contribution < -0.4 is 10.2 Å². The van der Waals surface area contributed by atoms with Crippen LogP contribution in [-0.2, 0) is 17.6 Å². The van der Waals surface area contributed by atoms with Crippen LogP contribution in [0.1, 0.15) is 11.1 Å². The van der Waals surface area contributed by atoms with Gasteiger partial charge in [-0.05, 0) is 29.8 Å². The van der Waals surface area contributed by atoms with Crippen molar-refractivity contribution in [2.45, 2.75) is 12.8 Å². The normalized spacial score (nSPS) is 15.0. The summed E-state index contributed by atoms with van der Waals surface area (Å²) >= 11 is 0. The fourth-order valence-electron chi connectivity index (χ4n) is 3.45. The van der Waals surface area contributed by atoms with Crippen LogP contribution in [0.3, 0.4) is 0 Å². The van der Waals surface area contributed by atoms with E-state index >= 15 is 0 Å². The van der Waals surface area contributed by atoms with Gasteiger partial charge in [-0.1, -0.05) is 12.1 Å². The first-order chi connectivity index (χ1) is 14.7. The first-order valence-electron chi connectivity index (χ1n) is 9.50. The molecule has 1 aliphatic heterocycles. The van der Waals surface area contributed by atoms with E-state index in [9.17, 15) is 33.2 Å². The topological polar surface area (TPSA) is 99.0 Å². The van der Waals surface area contributed by atoms with Crippen LogP contribution in [0.15, 0.2) is 42.5 Å². The predicted octanol–water partition coefficient (Wildman–Crippen LogP) is 2.87. The lowest BCUT2D eigenvalue weighted by atomic mass is 10.1. The van der Waals surface area contributed by atoms with E-state index in [1.807, 2.05) is 0 Å². The van der Waals surface area contributed by atoms with Gasteiger partial charge in [0.25, 0.3) is 5.69 Å². The molecular formula is C20H21F3N4O4. The molecule has 0 aromatic heterocycles. The van der Waals surface area contributed by atoms with E-state index in [1.165, 1.54) is 30.3 Å². The number of amides is 1. The Morgan fingerprint density at radius 3 is 2.42 bits per heavy atom. The largest absolute Gasteiger partial charge is 0.418 e. The van der Waals surface area contributed by atoms with Gasteiger partial charge in [0.05, 0.1) is 29.3 Å². The maximum absolute atomic E-state index is 13.1. The minimum absolute atomic E-state index is 0.0767. The number of aliphatic hydroxyl groups excluding tert-OH is 1. The van der Waals surface area contributed by atoms with Gasteiger partial charge < -0.3 is 15.3 Å². The van der Waals surface area contributed by atoms with Gasteiger partial charge in [0.15, 0.2) is 0 Å². The van der Waals surface area contributed by atoms with E-state index in [-0.39, 0.29) is 24.5 Å². The lowest BCUT2D eigenvalue weighted by molar-refractivity contribution is -0.384. The highest BCUT2D eigenvalue weighted by atomic mass is 19.4. The first-order valence-corrected chi connectivity index (χ1v) is 9.50. The maximum atomic E-state index is 13.1. The van der Waals surface area contributed by atoms with E-state index in [1.54, 1.807) is 15.9 Å². The average Bonchev–Trinajstić information content (AvgIpc) is 2.73. The van der Waals surface area contributed by atoms with Crippen molar-refractivity contribution < 1.29 is 28.0 Å². The predicted molar refractivity (Wildman–Crippen MR) is 108 cm³/mol. The highest BCUT2D eigenvalue weighted by molar-refractivity contribution is 5.93. The zero-order chi connectivity index (χ0) is 22.6. The monoisotopic (exact) mass is 438 g/mol. The van der Waals surface area contributed by atoms with Gasteiger partial charge >= 0.3 is 6.18 Å². The number of alkyl halides is 3. The number of nitrogens with zero attached hydrogens (tertiary/aromatic N) is 3. The highest BCUT2D eigenvalue weighted by Crippen LogP contribution is 2.34. The van der Waals surface area contributed by atoms with Crippen LogP contribution in [-0.4, -0.2) is 53.6 Å². The number of para-hydroxylation sites is 1. The third-order valence-corrected chi connectivity index (χ3v) is 5.01. The van der Waals surface area contributed by atoms with E-state index in [0.717, 1.165) is 6.07 Å². The number of halogens is 3. The molecule has 1 aliphatic rings. The fourth-order valence-corrected chi connectivity index (χ4v) is 3.45. The van der Waals surface area contributed by atoms with Crippen LogP contribution in [0.2, 0.25) is 0 Å². The fraction of sp³-hybridized carbons (Fsp3) is 0.350. The van der Waals surface area contributed by atoms with E-state index < -0.39 is 22.6 Å². The van der Waals surface area contributed by atoms with Crippen LogP contribution >= 0.6 is 0 Å². The van der Waals surface area contributed by atoms with Gasteiger partial charge in [0.2, 0.25) is 5.91 Å². The molecule has 0 unspecified atom stereocenters. The molecule has 2 N–H and O–H groups in total. The molecule has 1 amide bonds. The summed E-state index contributed by atoms with van der Waals surface area (Å²) in [5, 5.41) is 22.9. The summed E-state index contributed by atoms with van der Waals surface area (Å²) in [6, 6.07) is 9.17. The van der Waals surface area contributed by atoms with Gasteiger partial charge in [0.1, 0.15) is 5.69 Å². The van der Waals surface area contributed by atoms with Crippen LogP contribution in [0.5, 0.6) is 0 Å². The molecule has 0 saturated carbocycles. The molecule has 3 rings (SSSR count). The Morgan fingerprint density at radius 1 is 1.13 bits per heavy atom. The summed E-state index contributed by atoms with van der Waals surface area (Å²) < 4.78 is 39.2. The Hall–Kier alpha value is -3.18. The Balaban J connectivity index is 1.62. The number of nitro benzene ring substituents is 1. The molecule has 1 heterocycles. The first kappa shape index (κ1) is 22.5. The summed E-state index contributed by atoms with van der Waals surface area (Å²) in [4.78, 5) is 26.7. The van der Waals surface area contributed by atoms with Crippen molar-refractivity contribution in [3.63, 3.8) is 0 Å². The molecular weight excluding hydrogens is 417 g/mol. The van der Waals surface area contributed by atoms with E-state index in [0.29, 0.717) is 37.4 Å². The van der Waals surface area contributed by atoms with Crippen LogP contribution in [0.25, 0.3) is 0 Å². The van der Waals surface area contributed by atoms with Crippen molar-refractivity contribution in [2.24, 2.45) is 0 Å². The Morgan fingerprint density at radius 2 is 1.81 bits per heavy atom.